The maximum atomic E-state index is 6.33. The first-order chi connectivity index (χ1) is 22.3. The van der Waals surface area contributed by atoms with E-state index in [0.29, 0.717) is 0 Å². The van der Waals surface area contributed by atoms with Crippen molar-refractivity contribution in [2.75, 3.05) is 4.90 Å². The van der Waals surface area contributed by atoms with E-state index in [-0.39, 0.29) is 0 Å². The molecule has 0 fully saturated rings. The topological polar surface area (TPSA) is 16.4 Å². The molecule has 0 spiro atoms. The summed E-state index contributed by atoms with van der Waals surface area (Å²) in [4.78, 5) is 2.33. The summed E-state index contributed by atoms with van der Waals surface area (Å²) in [5, 5.41) is 2.26. The van der Waals surface area contributed by atoms with E-state index in [9.17, 15) is 0 Å². The van der Waals surface area contributed by atoms with Gasteiger partial charge in [0, 0.05) is 33.9 Å². The third kappa shape index (κ3) is 4.42. The first-order valence-corrected chi connectivity index (χ1v) is 15.5. The molecular formula is C43H29NO. The van der Waals surface area contributed by atoms with Crippen LogP contribution in [0.5, 0.6) is 0 Å². The molecule has 8 aromatic rings. The molecule has 0 saturated heterocycles. The fourth-order valence-electron chi connectivity index (χ4n) is 6.86. The molecule has 2 heteroatoms. The van der Waals surface area contributed by atoms with Crippen molar-refractivity contribution >= 4 is 39.0 Å². The number of nitrogens with zero attached hydrogens (tertiary/aromatic N) is 1. The summed E-state index contributed by atoms with van der Waals surface area (Å²) in [7, 11) is 0. The zero-order chi connectivity index (χ0) is 29.7. The SMILES string of the molecule is c1ccc(-c2ccc(N(c3cccc(-c4ccc5c(c4)-c4ccccc4C5)c3)c3ccc4c(c3)oc3ccccc34)cc2)cc1. The van der Waals surface area contributed by atoms with Gasteiger partial charge < -0.3 is 9.32 Å². The van der Waals surface area contributed by atoms with Gasteiger partial charge in [0.25, 0.3) is 0 Å². The Morgan fingerprint density at radius 3 is 1.93 bits per heavy atom. The van der Waals surface area contributed by atoms with Crippen LogP contribution in [0.25, 0.3) is 55.3 Å². The van der Waals surface area contributed by atoms with Crippen LogP contribution < -0.4 is 4.90 Å². The van der Waals surface area contributed by atoms with Crippen LogP contribution in [0.4, 0.5) is 17.1 Å². The van der Waals surface area contributed by atoms with Gasteiger partial charge in [0.05, 0.1) is 0 Å². The minimum atomic E-state index is 0.882. The highest BCUT2D eigenvalue weighted by molar-refractivity contribution is 6.06. The lowest BCUT2D eigenvalue weighted by Gasteiger charge is -2.26. The Hall–Kier alpha value is -5.86. The standard InChI is InChI=1S/C43H29NO/c1-2-9-29(10-3-1)30-19-21-35(22-20-30)44(37-23-24-40-39-15-6-7-16-42(39)45-43(40)28-37)36-13-8-12-31(26-36)32-17-18-34-25-33-11-4-5-14-38(33)41(34)27-32/h1-24,26-28H,25H2. The third-order valence-electron chi connectivity index (χ3n) is 9.09. The van der Waals surface area contributed by atoms with Crippen molar-refractivity contribution in [3.05, 3.63) is 175 Å². The molecule has 9 rings (SSSR count). The van der Waals surface area contributed by atoms with E-state index in [1.54, 1.807) is 0 Å². The van der Waals surface area contributed by atoms with Gasteiger partial charge >= 0.3 is 0 Å². The van der Waals surface area contributed by atoms with Crippen LogP contribution in [0.1, 0.15) is 11.1 Å². The maximum Gasteiger partial charge on any atom is 0.137 e. The molecule has 2 nitrogen and oxygen atoms in total. The summed E-state index contributed by atoms with van der Waals surface area (Å²) >= 11 is 0. The molecule has 0 bridgehead atoms. The van der Waals surface area contributed by atoms with E-state index in [1.807, 2.05) is 12.1 Å². The van der Waals surface area contributed by atoms with E-state index in [4.69, 9.17) is 4.42 Å². The molecule has 0 aliphatic heterocycles. The van der Waals surface area contributed by atoms with Gasteiger partial charge in [-0.15, -0.1) is 0 Å². The molecule has 0 unspecified atom stereocenters. The average Bonchev–Trinajstić information content (AvgIpc) is 3.67. The zero-order valence-electron chi connectivity index (χ0n) is 24.7. The quantitative estimate of drug-likeness (QED) is 0.203. The Kier molecular flexibility index (Phi) is 5.92. The maximum absolute atomic E-state index is 6.33. The molecule has 45 heavy (non-hydrogen) atoms. The lowest BCUT2D eigenvalue weighted by molar-refractivity contribution is 0.669. The van der Waals surface area contributed by atoms with Crippen LogP contribution in [-0.4, -0.2) is 0 Å². The van der Waals surface area contributed by atoms with Gasteiger partial charge in [0.1, 0.15) is 11.2 Å². The highest BCUT2D eigenvalue weighted by Crippen LogP contribution is 2.42. The van der Waals surface area contributed by atoms with E-state index >= 15 is 0 Å². The average molecular weight is 576 g/mol. The second-order valence-corrected chi connectivity index (χ2v) is 11.8. The Balaban J connectivity index is 1.17. The number of rotatable bonds is 5. The molecular weight excluding hydrogens is 546 g/mol. The molecule has 7 aromatic carbocycles. The van der Waals surface area contributed by atoms with Crippen molar-refractivity contribution in [1.82, 2.24) is 0 Å². The van der Waals surface area contributed by atoms with Crippen molar-refractivity contribution in [3.8, 4) is 33.4 Å². The molecule has 1 aliphatic carbocycles. The monoisotopic (exact) mass is 575 g/mol. The molecule has 0 N–H and O–H groups in total. The number of benzene rings is 7. The van der Waals surface area contributed by atoms with E-state index < -0.39 is 0 Å². The predicted molar refractivity (Wildman–Crippen MR) is 188 cm³/mol. The zero-order valence-corrected chi connectivity index (χ0v) is 24.7. The van der Waals surface area contributed by atoms with Crippen LogP contribution in [-0.2, 0) is 6.42 Å². The lowest BCUT2D eigenvalue weighted by atomic mass is 9.98. The number of furan rings is 1. The summed E-state index contributed by atoms with van der Waals surface area (Å²) in [6.07, 6.45) is 1.00. The molecule has 212 valence electrons. The van der Waals surface area contributed by atoms with Crippen molar-refractivity contribution in [3.63, 3.8) is 0 Å². The Bertz CT molecular complexity index is 2350. The van der Waals surface area contributed by atoms with Crippen molar-refractivity contribution < 1.29 is 4.42 Å². The van der Waals surface area contributed by atoms with Gasteiger partial charge in [-0.05, 0) is 99.5 Å². The smallest absolute Gasteiger partial charge is 0.137 e. The predicted octanol–water partition coefficient (Wildman–Crippen LogP) is 12.0. The Labute approximate surface area is 262 Å². The molecule has 1 aromatic heterocycles. The van der Waals surface area contributed by atoms with Crippen molar-refractivity contribution in [2.24, 2.45) is 0 Å². The molecule has 0 amide bonds. The summed E-state index contributed by atoms with van der Waals surface area (Å²) < 4.78 is 6.33. The number of hydrogen-bond acceptors (Lipinski definition) is 2. The van der Waals surface area contributed by atoms with Gasteiger partial charge in [0.15, 0.2) is 0 Å². The third-order valence-corrected chi connectivity index (χ3v) is 9.09. The van der Waals surface area contributed by atoms with Gasteiger partial charge in [-0.2, -0.15) is 0 Å². The molecule has 0 saturated carbocycles. The second-order valence-electron chi connectivity index (χ2n) is 11.8. The van der Waals surface area contributed by atoms with Crippen LogP contribution >= 0.6 is 0 Å². The Morgan fingerprint density at radius 1 is 0.378 bits per heavy atom. The van der Waals surface area contributed by atoms with E-state index in [2.05, 4.69) is 157 Å². The number of anilines is 3. The summed E-state index contributed by atoms with van der Waals surface area (Å²) in [6.45, 7) is 0. The highest BCUT2D eigenvalue weighted by Gasteiger charge is 2.20. The van der Waals surface area contributed by atoms with E-state index in [0.717, 1.165) is 45.4 Å². The lowest BCUT2D eigenvalue weighted by Crippen LogP contribution is -2.10. The molecule has 0 atom stereocenters. The first-order valence-electron chi connectivity index (χ1n) is 15.5. The van der Waals surface area contributed by atoms with Gasteiger partial charge in [-0.1, -0.05) is 109 Å². The minimum absolute atomic E-state index is 0.882. The fraction of sp³-hybridized carbons (Fsp3) is 0.0233. The number of para-hydroxylation sites is 1. The van der Waals surface area contributed by atoms with Crippen molar-refractivity contribution in [2.45, 2.75) is 6.42 Å². The van der Waals surface area contributed by atoms with E-state index in [1.165, 1.54) is 44.5 Å². The largest absolute Gasteiger partial charge is 0.456 e. The van der Waals surface area contributed by atoms with Gasteiger partial charge in [0.2, 0.25) is 0 Å². The summed E-state index contributed by atoms with van der Waals surface area (Å²) in [5.74, 6) is 0. The summed E-state index contributed by atoms with van der Waals surface area (Å²) in [5.41, 5.74) is 15.3. The fourth-order valence-corrected chi connectivity index (χ4v) is 6.86. The van der Waals surface area contributed by atoms with Crippen LogP contribution in [0.3, 0.4) is 0 Å². The van der Waals surface area contributed by atoms with Gasteiger partial charge in [-0.25, -0.2) is 0 Å². The first kappa shape index (κ1) is 25.6. The molecule has 0 radical (unpaired) electrons. The van der Waals surface area contributed by atoms with Crippen molar-refractivity contribution in [1.29, 1.82) is 0 Å². The number of fused-ring (bicyclic) bond motifs is 6. The molecule has 1 aliphatic rings. The van der Waals surface area contributed by atoms with Gasteiger partial charge in [-0.3, -0.25) is 0 Å². The van der Waals surface area contributed by atoms with Crippen LogP contribution in [0, 0.1) is 0 Å². The number of hydrogen-bond donors (Lipinski definition) is 0. The minimum Gasteiger partial charge on any atom is -0.456 e. The Morgan fingerprint density at radius 2 is 1.02 bits per heavy atom. The summed E-state index contributed by atoms with van der Waals surface area (Å²) in [6, 6.07) is 58.7. The van der Waals surface area contributed by atoms with Crippen LogP contribution in [0.2, 0.25) is 0 Å². The van der Waals surface area contributed by atoms with Crippen LogP contribution in [0.15, 0.2) is 168 Å². The second kappa shape index (κ2) is 10.4. The highest BCUT2D eigenvalue weighted by atomic mass is 16.3. The normalized spacial score (nSPS) is 11.9. The molecule has 1 heterocycles.